The number of esters is 1. The van der Waals surface area contributed by atoms with Crippen molar-refractivity contribution in [1.29, 1.82) is 0 Å². The summed E-state index contributed by atoms with van der Waals surface area (Å²) >= 11 is 6.18. The van der Waals surface area contributed by atoms with Crippen LogP contribution < -0.4 is 9.47 Å². The zero-order valence-electron chi connectivity index (χ0n) is 13.2. The summed E-state index contributed by atoms with van der Waals surface area (Å²) in [7, 11) is 1.61. The zero-order valence-corrected chi connectivity index (χ0v) is 14.0. The summed E-state index contributed by atoms with van der Waals surface area (Å²) in [5, 5.41) is 0.445. The molecule has 1 aliphatic rings. The summed E-state index contributed by atoms with van der Waals surface area (Å²) in [6.45, 7) is 1.49. The van der Waals surface area contributed by atoms with E-state index in [-0.39, 0.29) is 6.61 Å². The number of hydrogen-bond donors (Lipinski definition) is 0. The second-order valence-electron chi connectivity index (χ2n) is 5.31. The first-order valence-corrected chi connectivity index (χ1v) is 7.88. The minimum atomic E-state index is -0.404. The molecular formula is C18H17ClO5. The highest BCUT2D eigenvalue weighted by atomic mass is 35.5. The molecule has 0 amide bonds. The van der Waals surface area contributed by atoms with Gasteiger partial charge in [0.15, 0.2) is 11.5 Å². The van der Waals surface area contributed by atoms with Gasteiger partial charge in [-0.05, 0) is 35.4 Å². The Balaban J connectivity index is 1.68. The molecule has 0 saturated carbocycles. The molecule has 24 heavy (non-hydrogen) atoms. The normalized spacial score (nSPS) is 12.8. The predicted octanol–water partition coefficient (Wildman–Crippen LogP) is 3.61. The van der Waals surface area contributed by atoms with Gasteiger partial charge in [0.05, 0.1) is 17.2 Å². The SMILES string of the molecule is COCc1cccc(C(=O)OCc2cc(Cl)c3c(c2)OCCO3)c1. The maximum atomic E-state index is 12.2. The van der Waals surface area contributed by atoms with E-state index in [1.165, 1.54) is 0 Å². The van der Waals surface area contributed by atoms with E-state index in [1.54, 1.807) is 37.4 Å². The molecule has 0 spiro atoms. The fraction of sp³-hybridized carbons (Fsp3) is 0.278. The third-order valence-electron chi connectivity index (χ3n) is 3.50. The number of rotatable bonds is 5. The maximum Gasteiger partial charge on any atom is 0.338 e. The van der Waals surface area contributed by atoms with Crippen LogP contribution in [-0.4, -0.2) is 26.3 Å². The predicted molar refractivity (Wildman–Crippen MR) is 88.7 cm³/mol. The van der Waals surface area contributed by atoms with Crippen molar-refractivity contribution in [3.63, 3.8) is 0 Å². The Hall–Kier alpha value is -2.24. The molecule has 3 rings (SSSR count). The van der Waals surface area contributed by atoms with Gasteiger partial charge in [-0.15, -0.1) is 0 Å². The summed E-state index contributed by atoms with van der Waals surface area (Å²) in [6.07, 6.45) is 0. The lowest BCUT2D eigenvalue weighted by molar-refractivity contribution is 0.0471. The average Bonchev–Trinajstić information content (AvgIpc) is 2.60. The van der Waals surface area contributed by atoms with E-state index >= 15 is 0 Å². The van der Waals surface area contributed by atoms with Gasteiger partial charge in [0.25, 0.3) is 0 Å². The van der Waals surface area contributed by atoms with Crippen molar-refractivity contribution in [1.82, 2.24) is 0 Å². The molecule has 2 aromatic carbocycles. The third kappa shape index (κ3) is 3.80. The second kappa shape index (κ2) is 7.55. The molecule has 1 aliphatic heterocycles. The minimum Gasteiger partial charge on any atom is -0.486 e. The highest BCUT2D eigenvalue weighted by molar-refractivity contribution is 6.32. The van der Waals surface area contributed by atoms with Crippen LogP contribution >= 0.6 is 11.6 Å². The largest absolute Gasteiger partial charge is 0.486 e. The molecule has 126 valence electrons. The average molecular weight is 349 g/mol. The van der Waals surface area contributed by atoms with Crippen LogP contribution in [0.5, 0.6) is 11.5 Å². The van der Waals surface area contributed by atoms with Crippen LogP contribution in [0, 0.1) is 0 Å². The van der Waals surface area contributed by atoms with Gasteiger partial charge in [-0.3, -0.25) is 0 Å². The lowest BCUT2D eigenvalue weighted by Crippen LogP contribution is -2.16. The van der Waals surface area contributed by atoms with Crippen LogP contribution in [-0.2, 0) is 22.7 Å². The Labute approximate surface area is 145 Å². The summed E-state index contributed by atoms with van der Waals surface area (Å²) < 4.78 is 21.4. The van der Waals surface area contributed by atoms with Crippen LogP contribution in [0.1, 0.15) is 21.5 Å². The van der Waals surface area contributed by atoms with Gasteiger partial charge in [-0.25, -0.2) is 4.79 Å². The number of fused-ring (bicyclic) bond motifs is 1. The fourth-order valence-electron chi connectivity index (χ4n) is 2.43. The molecule has 0 N–H and O–H groups in total. The minimum absolute atomic E-state index is 0.101. The monoisotopic (exact) mass is 348 g/mol. The van der Waals surface area contributed by atoms with Gasteiger partial charge in [0.2, 0.25) is 0 Å². The summed E-state index contributed by atoms with van der Waals surface area (Å²) in [5.41, 5.74) is 2.13. The number of hydrogen-bond acceptors (Lipinski definition) is 5. The van der Waals surface area contributed by atoms with Gasteiger partial charge in [-0.2, -0.15) is 0 Å². The molecule has 0 saturated heterocycles. The van der Waals surface area contributed by atoms with Gasteiger partial charge in [0.1, 0.15) is 19.8 Å². The molecule has 0 unspecified atom stereocenters. The first-order chi connectivity index (χ1) is 11.7. The summed E-state index contributed by atoms with van der Waals surface area (Å²) in [4.78, 5) is 12.2. The number of halogens is 1. The van der Waals surface area contributed by atoms with E-state index in [0.29, 0.717) is 41.9 Å². The van der Waals surface area contributed by atoms with E-state index in [9.17, 15) is 4.79 Å². The first kappa shape index (κ1) is 16.6. The van der Waals surface area contributed by atoms with Gasteiger partial charge in [0, 0.05) is 7.11 Å². The van der Waals surface area contributed by atoms with E-state index in [2.05, 4.69) is 0 Å². The van der Waals surface area contributed by atoms with Crippen molar-refractivity contribution < 1.29 is 23.7 Å². The molecule has 0 atom stereocenters. The second-order valence-corrected chi connectivity index (χ2v) is 5.72. The number of carbonyl (C=O) groups is 1. The van der Waals surface area contributed by atoms with Crippen LogP contribution in [0.3, 0.4) is 0 Å². The van der Waals surface area contributed by atoms with Crippen molar-refractivity contribution in [2.24, 2.45) is 0 Å². The van der Waals surface area contributed by atoms with E-state index in [1.807, 2.05) is 6.07 Å². The zero-order chi connectivity index (χ0) is 16.9. The topological polar surface area (TPSA) is 54.0 Å². The van der Waals surface area contributed by atoms with Crippen molar-refractivity contribution >= 4 is 17.6 Å². The number of carbonyl (C=O) groups excluding carboxylic acids is 1. The third-order valence-corrected chi connectivity index (χ3v) is 3.78. The molecule has 5 nitrogen and oxygen atoms in total. The van der Waals surface area contributed by atoms with Crippen molar-refractivity contribution in [2.45, 2.75) is 13.2 Å². The van der Waals surface area contributed by atoms with Crippen LogP contribution in [0.2, 0.25) is 5.02 Å². The number of benzene rings is 2. The molecular weight excluding hydrogens is 332 g/mol. The molecule has 0 aliphatic carbocycles. The van der Waals surface area contributed by atoms with E-state index in [4.69, 9.17) is 30.5 Å². The standard InChI is InChI=1S/C18H17ClO5/c1-21-10-12-3-2-4-14(7-12)18(20)24-11-13-8-15(19)17-16(9-13)22-5-6-23-17/h2-4,7-9H,5-6,10-11H2,1H3. The van der Waals surface area contributed by atoms with Crippen LogP contribution in [0.15, 0.2) is 36.4 Å². The Kier molecular flexibility index (Phi) is 5.23. The summed E-state index contributed by atoms with van der Waals surface area (Å²) in [5.74, 6) is 0.700. The molecule has 0 aromatic heterocycles. The van der Waals surface area contributed by atoms with E-state index in [0.717, 1.165) is 11.1 Å². The lowest BCUT2D eigenvalue weighted by atomic mass is 10.1. The van der Waals surface area contributed by atoms with Crippen molar-refractivity contribution in [2.75, 3.05) is 20.3 Å². The van der Waals surface area contributed by atoms with Crippen molar-refractivity contribution in [3.8, 4) is 11.5 Å². The summed E-state index contributed by atoms with van der Waals surface area (Å²) in [6, 6.07) is 10.6. The molecule has 2 aromatic rings. The molecule has 0 radical (unpaired) electrons. The fourth-order valence-corrected chi connectivity index (χ4v) is 2.72. The van der Waals surface area contributed by atoms with Gasteiger partial charge < -0.3 is 18.9 Å². The van der Waals surface area contributed by atoms with Crippen LogP contribution in [0.4, 0.5) is 0 Å². The van der Waals surface area contributed by atoms with Crippen LogP contribution in [0.25, 0.3) is 0 Å². The van der Waals surface area contributed by atoms with Crippen molar-refractivity contribution in [3.05, 3.63) is 58.1 Å². The smallest absolute Gasteiger partial charge is 0.338 e. The number of methoxy groups -OCH3 is 1. The first-order valence-electron chi connectivity index (χ1n) is 7.50. The Bertz CT molecular complexity index is 744. The van der Waals surface area contributed by atoms with E-state index < -0.39 is 5.97 Å². The highest BCUT2D eigenvalue weighted by Crippen LogP contribution is 2.38. The Morgan fingerprint density at radius 2 is 1.96 bits per heavy atom. The maximum absolute atomic E-state index is 12.2. The molecule has 0 bridgehead atoms. The molecule has 1 heterocycles. The van der Waals surface area contributed by atoms with Gasteiger partial charge >= 0.3 is 5.97 Å². The lowest BCUT2D eigenvalue weighted by Gasteiger charge is -2.20. The Morgan fingerprint density at radius 3 is 2.79 bits per heavy atom. The Morgan fingerprint density at radius 1 is 1.12 bits per heavy atom. The van der Waals surface area contributed by atoms with Gasteiger partial charge in [-0.1, -0.05) is 23.7 Å². The highest BCUT2D eigenvalue weighted by Gasteiger charge is 2.17. The number of ether oxygens (including phenoxy) is 4. The molecule has 6 heteroatoms. The molecule has 0 fully saturated rings. The quantitative estimate of drug-likeness (QED) is 0.772.